The van der Waals surface area contributed by atoms with E-state index in [0.29, 0.717) is 17.1 Å². The fourth-order valence-corrected chi connectivity index (χ4v) is 5.64. The van der Waals surface area contributed by atoms with Crippen molar-refractivity contribution in [3.8, 4) is 0 Å². The molecule has 0 aliphatic heterocycles. The Hall–Kier alpha value is -0.500. The van der Waals surface area contributed by atoms with E-state index >= 15 is 0 Å². The number of rotatable bonds is 4. The Morgan fingerprint density at radius 3 is 2.35 bits per heavy atom. The average Bonchev–Trinajstić information content (AvgIpc) is 2.67. The van der Waals surface area contributed by atoms with Crippen LogP contribution in [-0.4, -0.2) is 18.9 Å². The molecule has 1 aliphatic rings. The maximum absolute atomic E-state index is 12.5. The van der Waals surface area contributed by atoms with Gasteiger partial charge in [0.2, 0.25) is 0 Å². The van der Waals surface area contributed by atoms with Crippen molar-refractivity contribution in [2.75, 3.05) is 0 Å². The van der Waals surface area contributed by atoms with Gasteiger partial charge in [-0.2, -0.15) is 4.72 Å². The minimum atomic E-state index is -3.56. The van der Waals surface area contributed by atoms with Gasteiger partial charge >= 0.3 is 0 Å². The summed E-state index contributed by atoms with van der Waals surface area (Å²) in [6, 6.07) is 3.44. The van der Waals surface area contributed by atoms with Crippen LogP contribution in [0.4, 0.5) is 0 Å². The molecule has 1 aromatic heterocycles. The first-order chi connectivity index (χ1) is 9.36. The molecule has 1 fully saturated rings. The summed E-state index contributed by atoms with van der Waals surface area (Å²) in [6.07, 6.45) is 5.47. The Balaban J connectivity index is 2.30. The molecule has 0 saturated heterocycles. The summed E-state index contributed by atoms with van der Waals surface area (Å²) in [7, 11) is -3.56. The van der Waals surface area contributed by atoms with Gasteiger partial charge in [-0.3, -0.25) is 0 Å². The summed E-state index contributed by atoms with van der Waals surface area (Å²) in [5.41, 5.74) is 5.11. The lowest BCUT2D eigenvalue weighted by Crippen LogP contribution is -2.56. The normalized spacial score (nSPS) is 19.4. The number of nitrogens with two attached hydrogens (primary N) is 1. The molecule has 4 nitrogen and oxygen atoms in total. The third-order valence-corrected chi connectivity index (χ3v) is 7.16. The maximum Gasteiger partial charge on any atom is 0.250 e. The molecular weight excluding hydrogens is 312 g/mol. The molecule has 1 aromatic rings. The van der Waals surface area contributed by atoms with Crippen LogP contribution in [0, 0.1) is 6.92 Å². The van der Waals surface area contributed by atoms with Crippen molar-refractivity contribution >= 4 is 38.6 Å². The third kappa shape index (κ3) is 3.39. The molecule has 112 valence electrons. The number of nitrogens with one attached hydrogen (secondary N) is 1. The predicted molar refractivity (Wildman–Crippen MR) is 86.6 cm³/mol. The standard InChI is InChI=1S/C13H20N2O2S3/c1-10-6-7-11(19-10)20(16,17)15-13(12(14)18)8-4-2-3-5-9-13/h6-7,15H,2-5,8-9H2,1H3,(H2,14,18). The fraction of sp³-hybridized carbons (Fsp3) is 0.615. The summed E-state index contributed by atoms with van der Waals surface area (Å²) < 4.78 is 28.2. The van der Waals surface area contributed by atoms with Crippen LogP contribution in [0.25, 0.3) is 0 Å². The summed E-state index contributed by atoms with van der Waals surface area (Å²) in [5, 5.41) is 0. The molecule has 3 N–H and O–H groups in total. The molecule has 2 rings (SSSR count). The molecule has 1 aliphatic carbocycles. The lowest BCUT2D eigenvalue weighted by molar-refractivity contribution is 0.441. The van der Waals surface area contributed by atoms with Crippen molar-refractivity contribution in [1.82, 2.24) is 4.72 Å². The Morgan fingerprint density at radius 2 is 1.90 bits per heavy atom. The van der Waals surface area contributed by atoms with E-state index in [2.05, 4.69) is 4.72 Å². The summed E-state index contributed by atoms with van der Waals surface area (Å²) in [5.74, 6) is 0. The quantitative estimate of drug-likeness (QED) is 0.657. The minimum Gasteiger partial charge on any atom is -0.392 e. The zero-order valence-electron chi connectivity index (χ0n) is 11.5. The highest BCUT2D eigenvalue weighted by molar-refractivity contribution is 7.91. The predicted octanol–water partition coefficient (Wildman–Crippen LogP) is 2.71. The lowest BCUT2D eigenvalue weighted by Gasteiger charge is -2.32. The van der Waals surface area contributed by atoms with Gasteiger partial charge in [0, 0.05) is 4.88 Å². The highest BCUT2D eigenvalue weighted by Gasteiger charge is 2.38. The van der Waals surface area contributed by atoms with Gasteiger partial charge in [-0.25, -0.2) is 8.42 Å². The third-order valence-electron chi connectivity index (χ3n) is 3.74. The van der Waals surface area contributed by atoms with Crippen LogP contribution in [0.3, 0.4) is 0 Å². The van der Waals surface area contributed by atoms with Crippen molar-refractivity contribution in [3.63, 3.8) is 0 Å². The second-order valence-corrected chi connectivity index (χ2v) is 8.97. The van der Waals surface area contributed by atoms with Crippen molar-refractivity contribution in [2.45, 2.75) is 55.2 Å². The second-order valence-electron chi connectivity index (χ2n) is 5.33. The maximum atomic E-state index is 12.5. The van der Waals surface area contributed by atoms with Gasteiger partial charge in [-0.15, -0.1) is 11.3 Å². The Morgan fingerprint density at radius 1 is 1.30 bits per heavy atom. The van der Waals surface area contributed by atoms with Crippen LogP contribution in [0.5, 0.6) is 0 Å². The van der Waals surface area contributed by atoms with Crippen LogP contribution >= 0.6 is 23.6 Å². The van der Waals surface area contributed by atoms with Gasteiger partial charge in [0.05, 0.1) is 10.5 Å². The highest BCUT2D eigenvalue weighted by atomic mass is 32.2. The van der Waals surface area contributed by atoms with Gasteiger partial charge in [0.25, 0.3) is 10.0 Å². The van der Waals surface area contributed by atoms with Crippen LogP contribution in [0.15, 0.2) is 16.3 Å². The molecule has 1 saturated carbocycles. The molecular formula is C13H20N2O2S3. The van der Waals surface area contributed by atoms with Gasteiger partial charge in [0.1, 0.15) is 4.21 Å². The number of thiocarbonyl (C=S) groups is 1. The number of thiophene rings is 1. The SMILES string of the molecule is Cc1ccc(S(=O)(=O)NC2(C(N)=S)CCCCCC2)s1. The lowest BCUT2D eigenvalue weighted by atomic mass is 9.91. The summed E-state index contributed by atoms with van der Waals surface area (Å²) in [6.45, 7) is 1.89. The first-order valence-electron chi connectivity index (χ1n) is 6.76. The topological polar surface area (TPSA) is 72.2 Å². The van der Waals surface area contributed by atoms with E-state index in [9.17, 15) is 8.42 Å². The van der Waals surface area contributed by atoms with Crippen LogP contribution in [-0.2, 0) is 10.0 Å². The number of hydrogen-bond donors (Lipinski definition) is 2. The minimum absolute atomic E-state index is 0.260. The smallest absolute Gasteiger partial charge is 0.250 e. The van der Waals surface area contributed by atoms with E-state index < -0.39 is 15.6 Å². The van der Waals surface area contributed by atoms with Crippen LogP contribution in [0.2, 0.25) is 0 Å². The average molecular weight is 333 g/mol. The molecule has 1 heterocycles. The zero-order valence-corrected chi connectivity index (χ0v) is 14.0. The van der Waals surface area contributed by atoms with Gasteiger partial charge in [0.15, 0.2) is 0 Å². The van der Waals surface area contributed by atoms with Crippen molar-refractivity contribution < 1.29 is 8.42 Å². The molecule has 0 amide bonds. The first kappa shape index (κ1) is 15.9. The molecule has 20 heavy (non-hydrogen) atoms. The molecule has 0 atom stereocenters. The summed E-state index contributed by atoms with van der Waals surface area (Å²) in [4.78, 5) is 1.23. The Kier molecular flexibility index (Phi) is 4.84. The second kappa shape index (κ2) is 6.09. The van der Waals surface area contributed by atoms with Crippen molar-refractivity contribution in [3.05, 3.63) is 17.0 Å². The van der Waals surface area contributed by atoms with E-state index in [1.54, 1.807) is 12.1 Å². The Labute approximate surface area is 129 Å². The largest absolute Gasteiger partial charge is 0.392 e. The zero-order chi connectivity index (χ0) is 14.8. The molecule has 0 radical (unpaired) electrons. The van der Waals surface area contributed by atoms with E-state index in [1.807, 2.05) is 6.92 Å². The number of sulfonamides is 1. The molecule has 0 aromatic carbocycles. The number of aryl methyl sites for hydroxylation is 1. The highest BCUT2D eigenvalue weighted by Crippen LogP contribution is 2.30. The Bertz CT molecular complexity index is 585. The fourth-order valence-electron chi connectivity index (χ4n) is 2.59. The van der Waals surface area contributed by atoms with E-state index in [-0.39, 0.29) is 4.99 Å². The van der Waals surface area contributed by atoms with Gasteiger partial charge < -0.3 is 5.73 Å². The van der Waals surface area contributed by atoms with E-state index in [4.69, 9.17) is 18.0 Å². The molecule has 7 heteroatoms. The van der Waals surface area contributed by atoms with E-state index in [0.717, 1.165) is 30.6 Å². The molecule has 0 spiro atoms. The van der Waals surface area contributed by atoms with Gasteiger partial charge in [-0.05, 0) is 31.9 Å². The summed E-state index contributed by atoms with van der Waals surface area (Å²) >= 11 is 6.43. The van der Waals surface area contributed by atoms with Crippen molar-refractivity contribution in [2.24, 2.45) is 5.73 Å². The molecule has 0 unspecified atom stereocenters. The van der Waals surface area contributed by atoms with E-state index in [1.165, 1.54) is 11.3 Å². The number of hydrogen-bond acceptors (Lipinski definition) is 4. The van der Waals surface area contributed by atoms with Crippen LogP contribution < -0.4 is 10.5 Å². The van der Waals surface area contributed by atoms with Crippen LogP contribution in [0.1, 0.15) is 43.4 Å². The van der Waals surface area contributed by atoms with Crippen molar-refractivity contribution in [1.29, 1.82) is 0 Å². The molecule has 0 bridgehead atoms. The van der Waals surface area contributed by atoms with Gasteiger partial charge in [-0.1, -0.05) is 37.9 Å². The monoisotopic (exact) mass is 332 g/mol. The first-order valence-corrected chi connectivity index (χ1v) is 9.47.